The summed E-state index contributed by atoms with van der Waals surface area (Å²) in [5, 5.41) is 2.67. The number of hydrogen-bond acceptors (Lipinski definition) is 3. The number of carbonyl (C=O) groups excluding carboxylic acids is 1. The highest BCUT2D eigenvalue weighted by atomic mass is 19.4. The summed E-state index contributed by atoms with van der Waals surface area (Å²) in [6.07, 6.45) is -2.59. The number of carbonyl (C=O) groups is 1. The van der Waals surface area contributed by atoms with E-state index in [1.807, 2.05) is 13.8 Å². The summed E-state index contributed by atoms with van der Waals surface area (Å²) < 4.78 is 36.7. The van der Waals surface area contributed by atoms with Gasteiger partial charge in [0.25, 0.3) is 0 Å². The molecule has 108 valence electrons. The van der Waals surface area contributed by atoms with Crippen LogP contribution in [0.4, 0.5) is 13.2 Å². The summed E-state index contributed by atoms with van der Waals surface area (Å²) in [6.45, 7) is 2.57. The number of nitrogens with one attached hydrogen (secondary N) is 1. The third-order valence-electron chi connectivity index (χ3n) is 2.34. The summed E-state index contributed by atoms with van der Waals surface area (Å²) in [6, 6.07) is -0.0203. The molecule has 7 heteroatoms. The molecule has 0 spiro atoms. The zero-order valence-electron chi connectivity index (χ0n) is 10.9. The average molecular weight is 269 g/mol. The van der Waals surface area contributed by atoms with Crippen LogP contribution in [-0.4, -0.2) is 49.2 Å². The maximum Gasteiger partial charge on any atom is 0.401 e. The predicted molar refractivity (Wildman–Crippen MR) is 64.1 cm³/mol. The Balaban J connectivity index is 4.19. The normalized spacial score (nSPS) is 13.7. The van der Waals surface area contributed by atoms with E-state index >= 15 is 0 Å². The molecule has 0 aliphatic carbocycles. The molecule has 0 aromatic heterocycles. The second-order valence-corrected chi connectivity index (χ2v) is 4.37. The first-order valence-corrected chi connectivity index (χ1v) is 6.07. The molecule has 0 rings (SSSR count). The van der Waals surface area contributed by atoms with Crippen LogP contribution in [0.1, 0.15) is 26.7 Å². The maximum atomic E-state index is 12.2. The van der Waals surface area contributed by atoms with Gasteiger partial charge in [-0.05, 0) is 13.3 Å². The summed E-state index contributed by atoms with van der Waals surface area (Å²) in [4.78, 5) is 12.5. The number of amides is 1. The van der Waals surface area contributed by atoms with Gasteiger partial charge in [-0.15, -0.1) is 0 Å². The van der Waals surface area contributed by atoms with Gasteiger partial charge in [0.05, 0.1) is 13.1 Å². The van der Waals surface area contributed by atoms with E-state index in [1.54, 1.807) is 0 Å². The number of rotatable bonds is 8. The van der Waals surface area contributed by atoms with Crippen LogP contribution in [0.5, 0.6) is 0 Å². The van der Waals surface area contributed by atoms with Crippen LogP contribution in [0.15, 0.2) is 0 Å². The second kappa shape index (κ2) is 8.31. The molecule has 3 N–H and O–H groups in total. The van der Waals surface area contributed by atoms with E-state index in [1.165, 1.54) is 0 Å². The van der Waals surface area contributed by atoms with Gasteiger partial charge in [-0.2, -0.15) is 13.2 Å². The topological polar surface area (TPSA) is 58.4 Å². The summed E-state index contributed by atoms with van der Waals surface area (Å²) in [5.74, 6) is -0.395. The van der Waals surface area contributed by atoms with Crippen LogP contribution in [0.3, 0.4) is 0 Å². The molecule has 4 nitrogen and oxygen atoms in total. The van der Waals surface area contributed by atoms with Crippen LogP contribution in [0.25, 0.3) is 0 Å². The van der Waals surface area contributed by atoms with E-state index in [0.717, 1.165) is 17.7 Å². The minimum atomic E-state index is -4.31. The molecular weight excluding hydrogens is 247 g/mol. The number of alkyl halides is 3. The van der Waals surface area contributed by atoms with Crippen molar-refractivity contribution in [2.24, 2.45) is 5.73 Å². The summed E-state index contributed by atoms with van der Waals surface area (Å²) in [7, 11) is 0. The number of nitrogens with two attached hydrogens (primary N) is 1. The van der Waals surface area contributed by atoms with Gasteiger partial charge in [0.2, 0.25) is 5.91 Å². The van der Waals surface area contributed by atoms with Gasteiger partial charge in [-0.3, -0.25) is 9.69 Å². The fourth-order valence-corrected chi connectivity index (χ4v) is 1.68. The molecule has 1 atom stereocenters. The number of halogens is 3. The minimum Gasteiger partial charge on any atom is -0.353 e. The van der Waals surface area contributed by atoms with Crippen molar-refractivity contribution in [1.29, 1.82) is 0 Å². The van der Waals surface area contributed by atoms with Crippen LogP contribution < -0.4 is 11.1 Å². The molecule has 0 bridgehead atoms. The molecule has 0 aliphatic rings. The Bertz CT molecular complexity index is 246. The SMILES string of the molecule is CCCC(C)NC(=O)CN(CCN)CC(F)(F)F. The lowest BCUT2D eigenvalue weighted by Crippen LogP contribution is -2.45. The third-order valence-corrected chi connectivity index (χ3v) is 2.34. The molecule has 0 fully saturated rings. The van der Waals surface area contributed by atoms with Crippen molar-refractivity contribution in [3.63, 3.8) is 0 Å². The van der Waals surface area contributed by atoms with E-state index in [4.69, 9.17) is 5.73 Å². The van der Waals surface area contributed by atoms with Gasteiger partial charge < -0.3 is 11.1 Å². The lowest BCUT2D eigenvalue weighted by molar-refractivity contribution is -0.148. The fraction of sp³-hybridized carbons (Fsp3) is 0.909. The Kier molecular flexibility index (Phi) is 7.93. The van der Waals surface area contributed by atoms with Crippen LogP contribution in [0, 0.1) is 0 Å². The zero-order chi connectivity index (χ0) is 14.2. The Hall–Kier alpha value is -0.820. The summed E-state index contributed by atoms with van der Waals surface area (Å²) in [5.41, 5.74) is 5.23. The molecule has 1 amide bonds. The van der Waals surface area contributed by atoms with Gasteiger partial charge >= 0.3 is 6.18 Å². The Morgan fingerprint density at radius 3 is 2.50 bits per heavy atom. The Morgan fingerprint density at radius 2 is 2.06 bits per heavy atom. The van der Waals surface area contributed by atoms with Crippen molar-refractivity contribution in [2.45, 2.75) is 38.9 Å². The van der Waals surface area contributed by atoms with E-state index in [-0.39, 0.29) is 25.7 Å². The van der Waals surface area contributed by atoms with Gasteiger partial charge in [-0.1, -0.05) is 13.3 Å². The van der Waals surface area contributed by atoms with Crippen molar-refractivity contribution in [3.05, 3.63) is 0 Å². The third kappa shape index (κ3) is 9.23. The van der Waals surface area contributed by atoms with Gasteiger partial charge in [-0.25, -0.2) is 0 Å². The molecule has 0 radical (unpaired) electrons. The van der Waals surface area contributed by atoms with E-state index in [9.17, 15) is 18.0 Å². The maximum absolute atomic E-state index is 12.2. The molecule has 18 heavy (non-hydrogen) atoms. The standard InChI is InChI=1S/C11H22F3N3O/c1-3-4-9(2)16-10(18)7-17(6-5-15)8-11(12,13)14/h9H,3-8,15H2,1-2H3,(H,16,18). The molecule has 0 aromatic carbocycles. The minimum absolute atomic E-state index is 0.0203. The summed E-state index contributed by atoms with van der Waals surface area (Å²) >= 11 is 0. The Morgan fingerprint density at radius 1 is 1.44 bits per heavy atom. The molecule has 0 aliphatic heterocycles. The first-order valence-electron chi connectivity index (χ1n) is 6.07. The monoisotopic (exact) mass is 269 g/mol. The number of hydrogen-bond donors (Lipinski definition) is 2. The first-order chi connectivity index (χ1) is 8.28. The van der Waals surface area contributed by atoms with Crippen molar-refractivity contribution in [2.75, 3.05) is 26.2 Å². The highest BCUT2D eigenvalue weighted by molar-refractivity contribution is 5.78. The molecule has 0 saturated heterocycles. The lowest BCUT2D eigenvalue weighted by atomic mass is 10.2. The molecule has 0 aromatic rings. The van der Waals surface area contributed by atoms with Gasteiger partial charge in [0.1, 0.15) is 0 Å². The van der Waals surface area contributed by atoms with Crippen molar-refractivity contribution in [3.8, 4) is 0 Å². The predicted octanol–water partition coefficient (Wildman–Crippen LogP) is 1.11. The largest absolute Gasteiger partial charge is 0.401 e. The molecule has 0 saturated carbocycles. The smallest absolute Gasteiger partial charge is 0.353 e. The Labute approximate surface area is 106 Å². The first kappa shape index (κ1) is 17.2. The molecule has 0 heterocycles. The second-order valence-electron chi connectivity index (χ2n) is 4.37. The van der Waals surface area contributed by atoms with Crippen LogP contribution >= 0.6 is 0 Å². The van der Waals surface area contributed by atoms with Crippen molar-refractivity contribution < 1.29 is 18.0 Å². The van der Waals surface area contributed by atoms with Gasteiger partial charge in [0, 0.05) is 19.1 Å². The van der Waals surface area contributed by atoms with Crippen LogP contribution in [0.2, 0.25) is 0 Å². The quantitative estimate of drug-likeness (QED) is 0.694. The van der Waals surface area contributed by atoms with Crippen molar-refractivity contribution in [1.82, 2.24) is 10.2 Å². The fourth-order valence-electron chi connectivity index (χ4n) is 1.68. The highest BCUT2D eigenvalue weighted by Crippen LogP contribution is 2.15. The average Bonchev–Trinajstić information content (AvgIpc) is 2.14. The van der Waals surface area contributed by atoms with E-state index in [2.05, 4.69) is 5.32 Å². The highest BCUT2D eigenvalue weighted by Gasteiger charge is 2.31. The lowest BCUT2D eigenvalue weighted by Gasteiger charge is -2.23. The van der Waals surface area contributed by atoms with Crippen molar-refractivity contribution >= 4 is 5.91 Å². The van der Waals surface area contributed by atoms with Gasteiger partial charge in [0.15, 0.2) is 0 Å². The van der Waals surface area contributed by atoms with E-state index in [0.29, 0.717) is 0 Å². The zero-order valence-corrected chi connectivity index (χ0v) is 10.9. The number of nitrogens with zero attached hydrogens (tertiary/aromatic N) is 1. The van der Waals surface area contributed by atoms with E-state index < -0.39 is 18.6 Å². The van der Waals surface area contributed by atoms with Crippen LogP contribution in [-0.2, 0) is 4.79 Å². The molecule has 1 unspecified atom stereocenters. The molecular formula is C11H22F3N3O.